The molecule has 5 nitrogen and oxygen atoms in total. The van der Waals surface area contributed by atoms with E-state index in [1.807, 2.05) is 5.40 Å². The number of rotatable bonds is 3. The van der Waals surface area contributed by atoms with Crippen LogP contribution >= 0.6 is 11.8 Å². The molecule has 110 valence electrons. The van der Waals surface area contributed by atoms with Crippen molar-refractivity contribution in [3.05, 3.63) is 54.3 Å². The van der Waals surface area contributed by atoms with Gasteiger partial charge >= 0.3 is 11.8 Å². The van der Waals surface area contributed by atoms with Crippen LogP contribution in [0.4, 0.5) is 15.8 Å². The van der Waals surface area contributed by atoms with E-state index in [0.29, 0.717) is 5.69 Å². The fourth-order valence-electron chi connectivity index (χ4n) is 1.60. The standard InChI is InChI=1S/C15H10FN3O2S/c16-10-2-1-3-12(8-10)19-15(21)14(20)18-11-4-6-13(7-5-11)22-9-17/h1-8H,(H,18,20)(H,19,21). The van der Waals surface area contributed by atoms with Crippen LogP contribution in [-0.2, 0) is 9.59 Å². The summed E-state index contributed by atoms with van der Waals surface area (Å²) in [7, 11) is 0. The molecule has 2 aromatic rings. The fraction of sp³-hybridized carbons (Fsp3) is 0. The van der Waals surface area contributed by atoms with Crippen molar-refractivity contribution in [2.24, 2.45) is 0 Å². The molecule has 0 saturated carbocycles. The highest BCUT2D eigenvalue weighted by Gasteiger charge is 2.14. The van der Waals surface area contributed by atoms with E-state index in [9.17, 15) is 14.0 Å². The second-order valence-corrected chi connectivity index (χ2v) is 4.99. The van der Waals surface area contributed by atoms with E-state index in [0.717, 1.165) is 22.7 Å². The van der Waals surface area contributed by atoms with Gasteiger partial charge in [-0.1, -0.05) is 6.07 Å². The van der Waals surface area contributed by atoms with Crippen LogP contribution in [0.2, 0.25) is 0 Å². The molecule has 0 heterocycles. The van der Waals surface area contributed by atoms with E-state index < -0.39 is 17.6 Å². The lowest BCUT2D eigenvalue weighted by atomic mass is 10.3. The van der Waals surface area contributed by atoms with Crippen LogP contribution in [0.3, 0.4) is 0 Å². The van der Waals surface area contributed by atoms with Gasteiger partial charge in [-0.3, -0.25) is 9.59 Å². The normalized spacial score (nSPS) is 9.64. The zero-order chi connectivity index (χ0) is 15.9. The molecule has 0 radical (unpaired) electrons. The Hall–Kier alpha value is -2.85. The molecule has 2 rings (SSSR count). The lowest BCUT2D eigenvalue weighted by molar-refractivity contribution is -0.133. The lowest BCUT2D eigenvalue weighted by Gasteiger charge is -2.07. The second kappa shape index (κ2) is 7.24. The SMILES string of the molecule is N#CSc1ccc(NC(=O)C(=O)Nc2cccc(F)c2)cc1. The highest BCUT2D eigenvalue weighted by atomic mass is 32.2. The van der Waals surface area contributed by atoms with E-state index in [4.69, 9.17) is 5.26 Å². The summed E-state index contributed by atoms with van der Waals surface area (Å²) in [6.07, 6.45) is 0. The minimum absolute atomic E-state index is 0.195. The number of carbonyl (C=O) groups is 2. The first-order valence-corrected chi connectivity index (χ1v) is 6.94. The summed E-state index contributed by atoms with van der Waals surface area (Å²) in [6.45, 7) is 0. The van der Waals surface area contributed by atoms with Crippen LogP contribution < -0.4 is 10.6 Å². The third kappa shape index (κ3) is 4.33. The number of hydrogen-bond donors (Lipinski definition) is 2. The highest BCUT2D eigenvalue weighted by Crippen LogP contribution is 2.19. The summed E-state index contributed by atoms with van der Waals surface area (Å²) in [6, 6.07) is 11.7. The summed E-state index contributed by atoms with van der Waals surface area (Å²) < 4.78 is 13.0. The van der Waals surface area contributed by atoms with Gasteiger partial charge in [0.15, 0.2) is 0 Å². The van der Waals surface area contributed by atoms with E-state index in [1.54, 1.807) is 24.3 Å². The fourth-order valence-corrected chi connectivity index (χ4v) is 1.98. The van der Waals surface area contributed by atoms with Crippen LogP contribution in [0.15, 0.2) is 53.4 Å². The molecule has 0 fully saturated rings. The van der Waals surface area contributed by atoms with Gasteiger partial charge in [0.2, 0.25) is 0 Å². The van der Waals surface area contributed by atoms with Crippen LogP contribution in [-0.4, -0.2) is 11.8 Å². The van der Waals surface area contributed by atoms with E-state index in [-0.39, 0.29) is 5.69 Å². The van der Waals surface area contributed by atoms with E-state index in [2.05, 4.69) is 10.6 Å². The van der Waals surface area contributed by atoms with Gasteiger partial charge in [-0.15, -0.1) is 0 Å². The van der Waals surface area contributed by atoms with Crippen molar-refractivity contribution in [1.29, 1.82) is 5.26 Å². The van der Waals surface area contributed by atoms with Crippen LogP contribution in [0, 0.1) is 16.5 Å². The van der Waals surface area contributed by atoms with Gasteiger partial charge in [-0.2, -0.15) is 5.26 Å². The van der Waals surface area contributed by atoms with Gasteiger partial charge in [0.25, 0.3) is 0 Å². The minimum atomic E-state index is -0.902. The Morgan fingerprint density at radius 2 is 1.64 bits per heavy atom. The van der Waals surface area contributed by atoms with Crippen molar-refractivity contribution in [3.8, 4) is 5.40 Å². The Morgan fingerprint density at radius 3 is 2.23 bits per heavy atom. The molecule has 0 aliphatic heterocycles. The number of nitrogens with one attached hydrogen (secondary N) is 2. The number of thioether (sulfide) groups is 1. The van der Waals surface area contributed by atoms with E-state index >= 15 is 0 Å². The van der Waals surface area contributed by atoms with Gasteiger partial charge in [-0.05, 0) is 54.2 Å². The third-order valence-electron chi connectivity index (χ3n) is 2.56. The Bertz CT molecular complexity index is 741. The van der Waals surface area contributed by atoms with Crippen LogP contribution in [0.1, 0.15) is 0 Å². The van der Waals surface area contributed by atoms with Crippen molar-refractivity contribution < 1.29 is 14.0 Å². The van der Waals surface area contributed by atoms with Gasteiger partial charge in [-0.25, -0.2) is 4.39 Å². The van der Waals surface area contributed by atoms with Crippen molar-refractivity contribution in [2.45, 2.75) is 4.90 Å². The van der Waals surface area contributed by atoms with Crippen molar-refractivity contribution in [3.63, 3.8) is 0 Å². The Kier molecular flexibility index (Phi) is 5.11. The molecule has 0 atom stereocenters. The number of hydrogen-bond acceptors (Lipinski definition) is 4. The lowest BCUT2D eigenvalue weighted by Crippen LogP contribution is -2.29. The largest absolute Gasteiger partial charge is 0.318 e. The molecule has 2 amide bonds. The molecular weight excluding hydrogens is 305 g/mol. The summed E-state index contributed by atoms with van der Waals surface area (Å²) in [5, 5.41) is 15.2. The first-order valence-electron chi connectivity index (χ1n) is 6.12. The molecule has 2 aromatic carbocycles. The Morgan fingerprint density at radius 1 is 1.00 bits per heavy atom. The smallest absolute Gasteiger partial charge is 0.314 e. The number of thiocyanates is 1. The molecule has 0 spiro atoms. The van der Waals surface area contributed by atoms with Gasteiger partial charge in [0.05, 0.1) is 0 Å². The quantitative estimate of drug-likeness (QED) is 0.518. The first-order chi connectivity index (χ1) is 10.6. The minimum Gasteiger partial charge on any atom is -0.318 e. The summed E-state index contributed by atoms with van der Waals surface area (Å²) in [5.41, 5.74) is 0.614. The van der Waals surface area contributed by atoms with Gasteiger partial charge < -0.3 is 10.6 Å². The zero-order valence-electron chi connectivity index (χ0n) is 11.2. The molecule has 0 aliphatic rings. The molecule has 2 N–H and O–H groups in total. The Balaban J connectivity index is 1.96. The topological polar surface area (TPSA) is 82.0 Å². The number of amides is 2. The molecule has 0 saturated heterocycles. The van der Waals surface area contributed by atoms with Gasteiger partial charge in [0, 0.05) is 16.3 Å². The average molecular weight is 315 g/mol. The molecule has 7 heteroatoms. The van der Waals surface area contributed by atoms with Gasteiger partial charge in [0.1, 0.15) is 11.2 Å². The molecule has 0 aliphatic carbocycles. The Labute approximate surface area is 130 Å². The molecular formula is C15H10FN3O2S. The number of anilines is 2. The number of nitrogens with zero attached hydrogens (tertiary/aromatic N) is 1. The molecule has 0 bridgehead atoms. The maximum absolute atomic E-state index is 13.0. The first kappa shape index (κ1) is 15.5. The molecule has 0 unspecified atom stereocenters. The highest BCUT2D eigenvalue weighted by molar-refractivity contribution is 8.03. The zero-order valence-corrected chi connectivity index (χ0v) is 12.0. The number of halogens is 1. The van der Waals surface area contributed by atoms with Crippen molar-refractivity contribution >= 4 is 35.0 Å². The van der Waals surface area contributed by atoms with Crippen LogP contribution in [0.5, 0.6) is 0 Å². The van der Waals surface area contributed by atoms with E-state index in [1.165, 1.54) is 18.2 Å². The van der Waals surface area contributed by atoms with Crippen molar-refractivity contribution in [2.75, 3.05) is 10.6 Å². The van der Waals surface area contributed by atoms with Crippen LogP contribution in [0.25, 0.3) is 0 Å². The third-order valence-corrected chi connectivity index (χ3v) is 3.16. The number of benzene rings is 2. The summed E-state index contributed by atoms with van der Waals surface area (Å²) in [5.74, 6) is -2.28. The maximum Gasteiger partial charge on any atom is 0.314 e. The molecule has 22 heavy (non-hydrogen) atoms. The maximum atomic E-state index is 13.0. The predicted molar refractivity (Wildman–Crippen MR) is 81.6 cm³/mol. The predicted octanol–water partition coefficient (Wildman–Crippen LogP) is 2.98. The second-order valence-electron chi connectivity index (χ2n) is 4.14. The van der Waals surface area contributed by atoms with Crippen molar-refractivity contribution in [1.82, 2.24) is 0 Å². The monoisotopic (exact) mass is 315 g/mol. The molecule has 0 aromatic heterocycles. The summed E-state index contributed by atoms with van der Waals surface area (Å²) in [4.78, 5) is 24.2. The number of nitriles is 1. The summed E-state index contributed by atoms with van der Waals surface area (Å²) >= 11 is 0.990. The number of carbonyl (C=O) groups excluding carboxylic acids is 2. The average Bonchev–Trinajstić information content (AvgIpc) is 2.49.